The maximum Gasteiger partial charge on any atom is 0.255 e. The number of anilines is 2. The Hall–Kier alpha value is -3.46. The number of rotatable bonds is 5. The minimum absolute atomic E-state index is 0.000280. The van der Waals surface area contributed by atoms with Crippen LogP contribution >= 0.6 is 0 Å². The minimum atomic E-state index is -0.0172. The molecule has 3 heterocycles. The molecule has 0 unspecified atom stereocenters. The van der Waals surface area contributed by atoms with Crippen LogP contribution in [0.5, 0.6) is 0 Å². The maximum atomic E-state index is 13.4. The van der Waals surface area contributed by atoms with Crippen molar-refractivity contribution in [3.05, 3.63) is 53.9 Å². The maximum absolute atomic E-state index is 13.4. The lowest BCUT2D eigenvalue weighted by Gasteiger charge is -2.37. The average molecular weight is 519 g/mol. The van der Waals surface area contributed by atoms with Crippen LogP contribution in [0, 0.1) is 5.92 Å². The molecular weight excluding hydrogens is 480 g/mol. The highest BCUT2D eigenvalue weighted by Crippen LogP contribution is 2.31. The van der Waals surface area contributed by atoms with Gasteiger partial charge in [0.05, 0.1) is 16.9 Å². The quantitative estimate of drug-likeness (QED) is 0.632. The van der Waals surface area contributed by atoms with E-state index < -0.39 is 0 Å². The lowest BCUT2D eigenvalue weighted by atomic mass is 9.88. The molecule has 1 aromatic heterocycles. The summed E-state index contributed by atoms with van der Waals surface area (Å²) in [5.74, 6) is 0.0401. The SMILES string of the molecule is O=C(Nc1cc(C(=O)N2CCCNCC2)ccc1N1CCN(C(=O)c2cccnc2)CC1)C1CCCCC1. The fourth-order valence-electron chi connectivity index (χ4n) is 5.70. The third-order valence-electron chi connectivity index (χ3n) is 7.92. The highest BCUT2D eigenvalue weighted by molar-refractivity contribution is 6.00. The Labute approximate surface area is 224 Å². The Morgan fingerprint density at radius 1 is 0.816 bits per heavy atom. The van der Waals surface area contributed by atoms with Crippen LogP contribution < -0.4 is 15.5 Å². The molecule has 2 aliphatic heterocycles. The Kier molecular flexibility index (Phi) is 8.53. The second-order valence-corrected chi connectivity index (χ2v) is 10.5. The first-order valence-corrected chi connectivity index (χ1v) is 14.0. The van der Waals surface area contributed by atoms with Gasteiger partial charge in [-0.05, 0) is 56.1 Å². The van der Waals surface area contributed by atoms with Crippen LogP contribution in [0.2, 0.25) is 0 Å². The van der Waals surface area contributed by atoms with Crippen molar-refractivity contribution in [2.24, 2.45) is 5.92 Å². The van der Waals surface area contributed by atoms with E-state index >= 15 is 0 Å². The zero-order valence-corrected chi connectivity index (χ0v) is 22.0. The van der Waals surface area contributed by atoms with Crippen molar-refractivity contribution in [2.45, 2.75) is 38.5 Å². The molecular formula is C29H38N6O3. The number of nitrogens with zero attached hydrogens (tertiary/aromatic N) is 4. The highest BCUT2D eigenvalue weighted by atomic mass is 16.2. The van der Waals surface area contributed by atoms with Crippen molar-refractivity contribution < 1.29 is 14.4 Å². The Bertz CT molecular complexity index is 1120. The number of hydrogen-bond acceptors (Lipinski definition) is 6. The molecule has 0 atom stereocenters. The Morgan fingerprint density at radius 2 is 1.58 bits per heavy atom. The van der Waals surface area contributed by atoms with Crippen molar-refractivity contribution in [3.8, 4) is 0 Å². The van der Waals surface area contributed by atoms with Crippen LogP contribution in [0.4, 0.5) is 11.4 Å². The van der Waals surface area contributed by atoms with Gasteiger partial charge in [-0.15, -0.1) is 0 Å². The van der Waals surface area contributed by atoms with Crippen molar-refractivity contribution in [1.29, 1.82) is 0 Å². The fourth-order valence-corrected chi connectivity index (χ4v) is 5.70. The van der Waals surface area contributed by atoms with Gasteiger partial charge in [0.15, 0.2) is 0 Å². The molecule has 202 valence electrons. The molecule has 1 saturated carbocycles. The normalized spacial score (nSPS) is 19.1. The standard InChI is InChI=1S/C29H38N6O3/c36-27(22-6-2-1-3-7-22)32-25-20-23(28(37)34-14-5-12-30-13-15-34)9-10-26(25)33-16-18-35(19-17-33)29(38)24-8-4-11-31-21-24/h4,8-11,20-22,30H,1-3,5-7,12-19H2,(H,32,36). The van der Waals surface area contributed by atoms with Crippen molar-refractivity contribution in [2.75, 3.05) is 62.6 Å². The number of carbonyl (C=O) groups is 3. The number of aromatic nitrogens is 1. The third kappa shape index (κ3) is 6.15. The molecule has 2 N–H and O–H groups in total. The summed E-state index contributed by atoms with van der Waals surface area (Å²) in [5, 5.41) is 6.54. The van der Waals surface area contributed by atoms with Gasteiger partial charge in [-0.25, -0.2) is 0 Å². The summed E-state index contributed by atoms with van der Waals surface area (Å²) in [6.45, 7) is 5.54. The largest absolute Gasteiger partial charge is 0.366 e. The lowest BCUT2D eigenvalue weighted by Crippen LogP contribution is -2.49. The zero-order valence-electron chi connectivity index (χ0n) is 22.0. The van der Waals surface area contributed by atoms with E-state index in [2.05, 4.69) is 20.5 Å². The van der Waals surface area contributed by atoms with E-state index in [-0.39, 0.29) is 23.6 Å². The smallest absolute Gasteiger partial charge is 0.255 e. The molecule has 2 aromatic rings. The summed E-state index contributed by atoms with van der Waals surface area (Å²) < 4.78 is 0. The minimum Gasteiger partial charge on any atom is -0.366 e. The van der Waals surface area contributed by atoms with Gasteiger partial charge in [-0.3, -0.25) is 19.4 Å². The van der Waals surface area contributed by atoms with E-state index in [1.807, 2.05) is 28.0 Å². The molecule has 3 fully saturated rings. The predicted molar refractivity (Wildman–Crippen MR) is 147 cm³/mol. The summed E-state index contributed by atoms with van der Waals surface area (Å²) in [6, 6.07) is 9.24. The molecule has 0 spiro atoms. The first-order chi connectivity index (χ1) is 18.6. The molecule has 3 amide bonds. The first kappa shape index (κ1) is 26.2. The lowest BCUT2D eigenvalue weighted by molar-refractivity contribution is -0.120. The summed E-state index contributed by atoms with van der Waals surface area (Å²) in [4.78, 5) is 49.5. The van der Waals surface area contributed by atoms with Crippen molar-refractivity contribution >= 4 is 29.1 Å². The van der Waals surface area contributed by atoms with E-state index in [0.29, 0.717) is 49.5 Å². The van der Waals surface area contributed by atoms with Crippen LogP contribution in [0.3, 0.4) is 0 Å². The molecule has 3 aliphatic rings. The van der Waals surface area contributed by atoms with Gasteiger partial charge in [0.2, 0.25) is 5.91 Å². The van der Waals surface area contributed by atoms with Crippen LogP contribution in [-0.4, -0.2) is 84.9 Å². The highest BCUT2D eigenvalue weighted by Gasteiger charge is 2.27. The number of pyridine rings is 1. The number of hydrogen-bond donors (Lipinski definition) is 2. The van der Waals surface area contributed by atoms with E-state index in [1.54, 1.807) is 24.5 Å². The molecule has 1 aromatic carbocycles. The monoisotopic (exact) mass is 518 g/mol. The van der Waals surface area contributed by atoms with Crippen LogP contribution in [0.15, 0.2) is 42.7 Å². The molecule has 9 heteroatoms. The molecule has 38 heavy (non-hydrogen) atoms. The molecule has 1 aliphatic carbocycles. The predicted octanol–water partition coefficient (Wildman–Crippen LogP) is 3.00. The number of benzene rings is 1. The van der Waals surface area contributed by atoms with Crippen LogP contribution in [-0.2, 0) is 4.79 Å². The summed E-state index contributed by atoms with van der Waals surface area (Å²) in [6.07, 6.45) is 9.37. The van der Waals surface area contributed by atoms with E-state index in [1.165, 1.54) is 6.42 Å². The van der Waals surface area contributed by atoms with Crippen molar-refractivity contribution in [3.63, 3.8) is 0 Å². The van der Waals surface area contributed by atoms with Gasteiger partial charge in [0.1, 0.15) is 0 Å². The van der Waals surface area contributed by atoms with Gasteiger partial charge < -0.3 is 25.3 Å². The number of carbonyl (C=O) groups excluding carboxylic acids is 3. The zero-order chi connectivity index (χ0) is 26.3. The Balaban J connectivity index is 1.34. The van der Waals surface area contributed by atoms with E-state index in [9.17, 15) is 14.4 Å². The third-order valence-corrected chi connectivity index (χ3v) is 7.92. The molecule has 0 radical (unpaired) electrons. The Morgan fingerprint density at radius 3 is 2.34 bits per heavy atom. The van der Waals surface area contributed by atoms with Gasteiger partial charge in [-0.2, -0.15) is 0 Å². The summed E-state index contributed by atoms with van der Waals surface area (Å²) in [5.41, 5.74) is 2.77. The van der Waals surface area contributed by atoms with Crippen LogP contribution in [0.1, 0.15) is 59.2 Å². The van der Waals surface area contributed by atoms with Gasteiger partial charge in [0.25, 0.3) is 11.8 Å². The van der Waals surface area contributed by atoms with Crippen molar-refractivity contribution in [1.82, 2.24) is 20.1 Å². The number of amides is 3. The summed E-state index contributed by atoms with van der Waals surface area (Å²) in [7, 11) is 0. The average Bonchev–Trinajstić information content (AvgIpc) is 3.27. The van der Waals surface area contributed by atoms with Gasteiger partial charge in [-0.1, -0.05) is 19.3 Å². The first-order valence-electron chi connectivity index (χ1n) is 14.0. The second kappa shape index (κ2) is 12.4. The molecule has 0 bridgehead atoms. The molecule has 2 saturated heterocycles. The topological polar surface area (TPSA) is 97.9 Å². The number of nitrogens with one attached hydrogen (secondary N) is 2. The molecule has 9 nitrogen and oxygen atoms in total. The van der Waals surface area contributed by atoms with Gasteiger partial charge in [0, 0.05) is 69.7 Å². The molecule has 5 rings (SSSR count). The second-order valence-electron chi connectivity index (χ2n) is 10.5. The van der Waals surface area contributed by atoms with Crippen LogP contribution in [0.25, 0.3) is 0 Å². The van der Waals surface area contributed by atoms with E-state index in [4.69, 9.17) is 0 Å². The van der Waals surface area contributed by atoms with Gasteiger partial charge >= 0.3 is 0 Å². The summed E-state index contributed by atoms with van der Waals surface area (Å²) >= 11 is 0. The number of piperazine rings is 1. The fraction of sp³-hybridized carbons (Fsp3) is 0.517. The van der Waals surface area contributed by atoms with E-state index in [0.717, 1.165) is 57.4 Å².